The third-order valence-corrected chi connectivity index (χ3v) is 3.58. The van der Waals surface area contributed by atoms with Crippen LogP contribution in [0.3, 0.4) is 0 Å². The Morgan fingerprint density at radius 1 is 1.22 bits per heavy atom. The van der Waals surface area contributed by atoms with Crippen molar-refractivity contribution in [1.82, 2.24) is 4.72 Å². The fraction of sp³-hybridized carbons (Fsp3) is 0.538. The van der Waals surface area contributed by atoms with E-state index in [0.29, 0.717) is 0 Å². The molecule has 102 valence electrons. The monoisotopic (exact) mass is 271 g/mol. The second-order valence-corrected chi connectivity index (χ2v) is 6.73. The van der Waals surface area contributed by atoms with E-state index in [1.54, 1.807) is 12.1 Å². The van der Waals surface area contributed by atoms with Crippen LogP contribution >= 0.6 is 0 Å². The van der Waals surface area contributed by atoms with Crippen molar-refractivity contribution in [1.29, 1.82) is 0 Å². The SMILES string of the molecule is CC(C)[C@@H](CCc1ccc(O)cc1)NS(C)(=O)=O. The first-order chi connectivity index (χ1) is 8.28. The number of hydrogen-bond acceptors (Lipinski definition) is 3. The number of nitrogens with one attached hydrogen (secondary N) is 1. The standard InChI is InChI=1S/C13H21NO3S/c1-10(2)13(14-18(3,16)17)9-6-11-4-7-12(15)8-5-11/h4-5,7-8,10,13-15H,6,9H2,1-3H3/t13-/m1/s1. The van der Waals surface area contributed by atoms with E-state index in [-0.39, 0.29) is 17.7 Å². The number of sulfonamides is 1. The Kier molecular flexibility index (Phi) is 5.16. The molecule has 18 heavy (non-hydrogen) atoms. The van der Waals surface area contributed by atoms with Gasteiger partial charge in [0.1, 0.15) is 5.75 Å². The molecule has 0 fully saturated rings. The number of phenolic OH excluding ortho intramolecular Hbond substituents is 1. The molecule has 0 aliphatic rings. The van der Waals surface area contributed by atoms with Gasteiger partial charge in [-0.25, -0.2) is 13.1 Å². The van der Waals surface area contributed by atoms with Gasteiger partial charge in [-0.3, -0.25) is 0 Å². The predicted octanol–water partition coefficient (Wildman–Crippen LogP) is 1.90. The van der Waals surface area contributed by atoms with Gasteiger partial charge in [0.2, 0.25) is 10.0 Å². The first-order valence-corrected chi connectivity index (χ1v) is 7.92. The molecule has 0 saturated heterocycles. The number of aromatic hydroxyl groups is 1. The minimum atomic E-state index is -3.17. The molecule has 0 bridgehead atoms. The summed E-state index contributed by atoms with van der Waals surface area (Å²) in [5, 5.41) is 9.18. The van der Waals surface area contributed by atoms with Crippen LogP contribution in [0.25, 0.3) is 0 Å². The van der Waals surface area contributed by atoms with Crippen LogP contribution in [-0.2, 0) is 16.4 Å². The topological polar surface area (TPSA) is 66.4 Å². The minimum Gasteiger partial charge on any atom is -0.508 e. The maximum absolute atomic E-state index is 11.3. The molecule has 1 aromatic rings. The van der Waals surface area contributed by atoms with Crippen LogP contribution in [0, 0.1) is 5.92 Å². The van der Waals surface area contributed by atoms with Crippen LogP contribution in [0.4, 0.5) is 0 Å². The number of phenols is 1. The molecule has 1 atom stereocenters. The Balaban J connectivity index is 2.60. The molecule has 0 aliphatic heterocycles. The minimum absolute atomic E-state index is 0.0613. The van der Waals surface area contributed by atoms with Crippen LogP contribution in [0.2, 0.25) is 0 Å². The van der Waals surface area contributed by atoms with Gasteiger partial charge >= 0.3 is 0 Å². The fourth-order valence-electron chi connectivity index (χ4n) is 1.79. The van der Waals surface area contributed by atoms with Crippen LogP contribution in [0.1, 0.15) is 25.8 Å². The van der Waals surface area contributed by atoms with Gasteiger partial charge in [0.15, 0.2) is 0 Å². The molecule has 2 N–H and O–H groups in total. The van der Waals surface area contributed by atoms with E-state index in [1.165, 1.54) is 6.26 Å². The highest BCUT2D eigenvalue weighted by Gasteiger charge is 2.17. The summed E-state index contributed by atoms with van der Waals surface area (Å²) in [4.78, 5) is 0. The third kappa shape index (κ3) is 5.51. The van der Waals surface area contributed by atoms with Gasteiger partial charge in [-0.05, 0) is 36.5 Å². The lowest BCUT2D eigenvalue weighted by atomic mass is 9.97. The molecule has 4 nitrogen and oxygen atoms in total. The summed E-state index contributed by atoms with van der Waals surface area (Å²) in [6, 6.07) is 6.93. The van der Waals surface area contributed by atoms with Gasteiger partial charge in [-0.2, -0.15) is 0 Å². The van der Waals surface area contributed by atoms with E-state index in [9.17, 15) is 13.5 Å². The van der Waals surface area contributed by atoms with Crippen molar-refractivity contribution in [3.05, 3.63) is 29.8 Å². The fourth-order valence-corrected chi connectivity index (χ4v) is 2.73. The number of benzene rings is 1. The van der Waals surface area contributed by atoms with Crippen LogP contribution in [-0.4, -0.2) is 25.8 Å². The second kappa shape index (κ2) is 6.20. The van der Waals surface area contributed by atoms with E-state index in [0.717, 1.165) is 18.4 Å². The number of aryl methyl sites for hydroxylation is 1. The zero-order valence-electron chi connectivity index (χ0n) is 11.1. The van der Waals surface area contributed by atoms with E-state index in [4.69, 9.17) is 0 Å². The van der Waals surface area contributed by atoms with E-state index < -0.39 is 10.0 Å². The number of rotatable bonds is 6. The highest BCUT2D eigenvalue weighted by molar-refractivity contribution is 7.88. The lowest BCUT2D eigenvalue weighted by Crippen LogP contribution is -2.38. The summed E-state index contributed by atoms with van der Waals surface area (Å²) in [5.41, 5.74) is 1.09. The zero-order chi connectivity index (χ0) is 13.8. The van der Waals surface area contributed by atoms with Crippen LogP contribution in [0.15, 0.2) is 24.3 Å². The summed E-state index contributed by atoms with van der Waals surface area (Å²) in [6.07, 6.45) is 2.71. The lowest BCUT2D eigenvalue weighted by Gasteiger charge is -2.21. The van der Waals surface area contributed by atoms with Gasteiger partial charge in [0.25, 0.3) is 0 Å². The highest BCUT2D eigenvalue weighted by atomic mass is 32.2. The molecular formula is C13H21NO3S. The maximum Gasteiger partial charge on any atom is 0.208 e. The molecule has 1 rings (SSSR count). The van der Waals surface area contributed by atoms with E-state index in [2.05, 4.69) is 4.72 Å². The zero-order valence-corrected chi connectivity index (χ0v) is 11.9. The van der Waals surface area contributed by atoms with Gasteiger partial charge in [-0.15, -0.1) is 0 Å². The Hall–Kier alpha value is -1.07. The Morgan fingerprint density at radius 3 is 2.22 bits per heavy atom. The quantitative estimate of drug-likeness (QED) is 0.830. The largest absolute Gasteiger partial charge is 0.508 e. The third-order valence-electron chi connectivity index (χ3n) is 2.85. The highest BCUT2D eigenvalue weighted by Crippen LogP contribution is 2.15. The summed E-state index contributed by atoms with van der Waals surface area (Å²) in [6.45, 7) is 4.00. The van der Waals surface area contributed by atoms with E-state index in [1.807, 2.05) is 26.0 Å². The summed E-state index contributed by atoms with van der Waals surface area (Å²) in [5.74, 6) is 0.491. The van der Waals surface area contributed by atoms with Crippen LogP contribution < -0.4 is 4.72 Å². The molecule has 0 saturated carbocycles. The van der Waals surface area contributed by atoms with Gasteiger partial charge in [0, 0.05) is 6.04 Å². The predicted molar refractivity (Wildman–Crippen MR) is 73.0 cm³/mol. The Labute approximate surface area is 109 Å². The summed E-state index contributed by atoms with van der Waals surface area (Å²) in [7, 11) is -3.17. The average molecular weight is 271 g/mol. The first kappa shape index (κ1) is 15.0. The normalized spacial score (nSPS) is 13.8. The molecule has 5 heteroatoms. The molecule has 0 radical (unpaired) electrons. The Bertz CT molecular complexity index is 466. The van der Waals surface area contributed by atoms with E-state index >= 15 is 0 Å². The summed E-state index contributed by atoms with van der Waals surface area (Å²) >= 11 is 0. The molecule has 0 heterocycles. The van der Waals surface area contributed by atoms with Crippen molar-refractivity contribution >= 4 is 10.0 Å². The maximum atomic E-state index is 11.3. The van der Waals surface area contributed by atoms with Gasteiger partial charge in [-0.1, -0.05) is 26.0 Å². The molecular weight excluding hydrogens is 250 g/mol. The molecule has 0 aliphatic carbocycles. The second-order valence-electron chi connectivity index (χ2n) is 4.95. The molecule has 0 spiro atoms. The van der Waals surface area contributed by atoms with Crippen molar-refractivity contribution in [3.63, 3.8) is 0 Å². The first-order valence-electron chi connectivity index (χ1n) is 6.03. The molecule has 0 unspecified atom stereocenters. The smallest absolute Gasteiger partial charge is 0.208 e. The lowest BCUT2D eigenvalue weighted by molar-refractivity contribution is 0.425. The van der Waals surface area contributed by atoms with Crippen molar-refractivity contribution < 1.29 is 13.5 Å². The summed E-state index contributed by atoms with van der Waals surface area (Å²) < 4.78 is 25.2. The van der Waals surface area contributed by atoms with Gasteiger partial charge in [0.05, 0.1) is 6.26 Å². The van der Waals surface area contributed by atoms with Crippen molar-refractivity contribution in [2.45, 2.75) is 32.7 Å². The Morgan fingerprint density at radius 2 is 1.78 bits per heavy atom. The van der Waals surface area contributed by atoms with Gasteiger partial charge < -0.3 is 5.11 Å². The van der Waals surface area contributed by atoms with Crippen LogP contribution in [0.5, 0.6) is 5.75 Å². The number of hydrogen-bond donors (Lipinski definition) is 2. The van der Waals surface area contributed by atoms with Crippen molar-refractivity contribution in [2.24, 2.45) is 5.92 Å². The van der Waals surface area contributed by atoms with Crippen molar-refractivity contribution in [3.8, 4) is 5.75 Å². The van der Waals surface area contributed by atoms with Crippen molar-refractivity contribution in [2.75, 3.05) is 6.26 Å². The molecule has 0 aromatic heterocycles. The average Bonchev–Trinajstić information content (AvgIpc) is 2.24. The molecule has 0 amide bonds. The molecule has 1 aromatic carbocycles.